The van der Waals surface area contributed by atoms with Gasteiger partial charge < -0.3 is 9.64 Å². The van der Waals surface area contributed by atoms with Crippen molar-refractivity contribution in [3.63, 3.8) is 0 Å². The predicted octanol–water partition coefficient (Wildman–Crippen LogP) is 2.07. The van der Waals surface area contributed by atoms with Gasteiger partial charge in [0.25, 0.3) is 0 Å². The predicted molar refractivity (Wildman–Crippen MR) is 103 cm³/mol. The minimum absolute atomic E-state index is 0.0747. The molecule has 0 aliphatic carbocycles. The van der Waals surface area contributed by atoms with Crippen LogP contribution in [0.5, 0.6) is 5.75 Å². The topological polar surface area (TPSA) is 93.5 Å². The molecule has 1 saturated heterocycles. The third-order valence-corrected chi connectivity index (χ3v) is 6.57. The highest BCUT2D eigenvalue weighted by atomic mass is 32.2. The molecule has 0 spiro atoms. The lowest BCUT2D eigenvalue weighted by molar-refractivity contribution is -0.275. The number of benzene rings is 1. The van der Waals surface area contributed by atoms with Gasteiger partial charge in [0.05, 0.1) is 0 Å². The normalized spacial score (nSPS) is 15.8. The molecule has 1 aliphatic heterocycles. The second-order valence-corrected chi connectivity index (χ2v) is 8.49. The van der Waals surface area contributed by atoms with Crippen LogP contribution >= 0.6 is 0 Å². The second kappa shape index (κ2) is 8.15. The van der Waals surface area contributed by atoms with Crippen LogP contribution in [0.1, 0.15) is 0 Å². The van der Waals surface area contributed by atoms with Gasteiger partial charge >= 0.3 is 6.36 Å². The van der Waals surface area contributed by atoms with E-state index in [0.717, 1.165) is 16.4 Å². The van der Waals surface area contributed by atoms with Crippen LogP contribution in [0, 0.1) is 0 Å². The average molecular weight is 454 g/mol. The van der Waals surface area contributed by atoms with E-state index in [0.29, 0.717) is 24.7 Å². The summed E-state index contributed by atoms with van der Waals surface area (Å²) in [6, 6.07) is 9.96. The summed E-state index contributed by atoms with van der Waals surface area (Å²) in [5, 5.41) is 12.3. The van der Waals surface area contributed by atoms with Crippen LogP contribution in [0.4, 0.5) is 19.0 Å². The first-order valence-corrected chi connectivity index (χ1v) is 10.6. The second-order valence-electron chi connectivity index (χ2n) is 6.59. The summed E-state index contributed by atoms with van der Waals surface area (Å²) in [6.07, 6.45) is -1.65. The number of piperazine rings is 1. The average Bonchev–Trinajstić information content (AvgIpc) is 3.28. The van der Waals surface area contributed by atoms with Crippen molar-refractivity contribution in [3.05, 3.63) is 54.9 Å². The maximum atomic E-state index is 12.9. The standard InChI is InChI=1S/C18H17F3N6O3S/c19-18(20,21)30-14-4-1-2-5-15(14)31(28,29)26-12-10-25(11-13-26)16-6-7-17(24-23-16)27-9-3-8-22-27/h1-9H,10-13H2. The largest absolute Gasteiger partial charge is 0.573 e. The maximum absolute atomic E-state index is 12.9. The molecule has 1 aromatic carbocycles. The number of alkyl halides is 3. The highest BCUT2D eigenvalue weighted by Crippen LogP contribution is 2.31. The van der Waals surface area contributed by atoms with Crippen molar-refractivity contribution >= 4 is 15.8 Å². The number of ether oxygens (including phenoxy) is 1. The first kappa shape index (κ1) is 21.1. The Morgan fingerprint density at radius 3 is 2.19 bits per heavy atom. The first-order chi connectivity index (χ1) is 14.7. The van der Waals surface area contributed by atoms with E-state index in [1.807, 2.05) is 4.90 Å². The van der Waals surface area contributed by atoms with Gasteiger partial charge in [0.2, 0.25) is 10.0 Å². The van der Waals surface area contributed by atoms with E-state index < -0.39 is 27.0 Å². The minimum Gasteiger partial charge on any atom is -0.404 e. The Labute approximate surface area is 175 Å². The van der Waals surface area contributed by atoms with E-state index in [1.54, 1.807) is 35.3 Å². The van der Waals surface area contributed by atoms with Crippen molar-refractivity contribution in [2.45, 2.75) is 11.3 Å². The Morgan fingerprint density at radius 1 is 0.903 bits per heavy atom. The summed E-state index contributed by atoms with van der Waals surface area (Å²) in [5.41, 5.74) is 0. The smallest absolute Gasteiger partial charge is 0.404 e. The molecule has 31 heavy (non-hydrogen) atoms. The third-order valence-electron chi connectivity index (χ3n) is 4.63. The molecule has 0 radical (unpaired) electrons. The fraction of sp³-hybridized carbons (Fsp3) is 0.278. The molecule has 2 aromatic heterocycles. The molecule has 9 nitrogen and oxygen atoms in total. The molecule has 3 aromatic rings. The highest BCUT2D eigenvalue weighted by Gasteiger charge is 2.36. The zero-order valence-electron chi connectivity index (χ0n) is 16.0. The molecule has 0 saturated carbocycles. The molecule has 1 fully saturated rings. The van der Waals surface area contributed by atoms with Gasteiger partial charge in [0.15, 0.2) is 11.6 Å². The molecule has 4 rings (SSSR count). The van der Waals surface area contributed by atoms with Crippen LogP contribution in [0.15, 0.2) is 59.8 Å². The monoisotopic (exact) mass is 454 g/mol. The summed E-state index contributed by atoms with van der Waals surface area (Å²) in [6.45, 7) is 0.755. The Hall–Kier alpha value is -3.19. The van der Waals surface area contributed by atoms with Crippen molar-refractivity contribution in [1.29, 1.82) is 0 Å². The summed E-state index contributed by atoms with van der Waals surface area (Å²) >= 11 is 0. The van der Waals surface area contributed by atoms with Gasteiger partial charge in [-0.15, -0.1) is 23.4 Å². The lowest BCUT2D eigenvalue weighted by atomic mass is 10.3. The number of rotatable bonds is 5. The van der Waals surface area contributed by atoms with Gasteiger partial charge in [-0.1, -0.05) is 12.1 Å². The van der Waals surface area contributed by atoms with Crippen LogP contribution in [0.2, 0.25) is 0 Å². The SMILES string of the molecule is O=S(=O)(c1ccccc1OC(F)(F)F)N1CCN(c2ccc(-n3cccn3)nn2)CC1. The van der Waals surface area contributed by atoms with E-state index in [1.165, 1.54) is 12.1 Å². The van der Waals surface area contributed by atoms with Gasteiger partial charge in [-0.3, -0.25) is 0 Å². The Bertz CT molecular complexity index is 1130. The molecule has 1 aliphatic rings. The molecule has 0 unspecified atom stereocenters. The molecule has 164 valence electrons. The molecular weight excluding hydrogens is 437 g/mol. The fourth-order valence-corrected chi connectivity index (χ4v) is 4.72. The molecule has 0 amide bonds. The summed E-state index contributed by atoms with van der Waals surface area (Å²) in [4.78, 5) is 1.33. The van der Waals surface area contributed by atoms with Crippen molar-refractivity contribution in [2.75, 3.05) is 31.1 Å². The van der Waals surface area contributed by atoms with Crippen LogP contribution in [0.25, 0.3) is 5.82 Å². The molecule has 13 heteroatoms. The van der Waals surface area contributed by atoms with E-state index >= 15 is 0 Å². The number of para-hydroxylation sites is 1. The van der Waals surface area contributed by atoms with Crippen molar-refractivity contribution in [2.24, 2.45) is 0 Å². The molecule has 0 bridgehead atoms. The van der Waals surface area contributed by atoms with Crippen LogP contribution in [-0.2, 0) is 10.0 Å². The number of anilines is 1. The Balaban J connectivity index is 1.46. The van der Waals surface area contributed by atoms with Gasteiger partial charge in [0.1, 0.15) is 10.6 Å². The van der Waals surface area contributed by atoms with Gasteiger partial charge in [-0.25, -0.2) is 13.1 Å². The van der Waals surface area contributed by atoms with Crippen molar-refractivity contribution in [3.8, 4) is 11.6 Å². The first-order valence-electron chi connectivity index (χ1n) is 9.18. The molecule has 0 atom stereocenters. The number of sulfonamides is 1. The van der Waals surface area contributed by atoms with Crippen LogP contribution in [-0.4, -0.2) is 65.2 Å². The summed E-state index contributed by atoms with van der Waals surface area (Å²) in [7, 11) is -4.17. The van der Waals surface area contributed by atoms with Crippen LogP contribution < -0.4 is 9.64 Å². The number of nitrogens with zero attached hydrogens (tertiary/aromatic N) is 6. The summed E-state index contributed by atoms with van der Waals surface area (Å²) in [5.74, 6) is 0.350. The lowest BCUT2D eigenvalue weighted by Crippen LogP contribution is -2.49. The lowest BCUT2D eigenvalue weighted by Gasteiger charge is -2.34. The van der Waals surface area contributed by atoms with Crippen molar-refractivity contribution in [1.82, 2.24) is 24.3 Å². The highest BCUT2D eigenvalue weighted by molar-refractivity contribution is 7.89. The van der Waals surface area contributed by atoms with E-state index in [-0.39, 0.29) is 13.1 Å². The molecule has 3 heterocycles. The van der Waals surface area contributed by atoms with E-state index in [2.05, 4.69) is 20.0 Å². The zero-order valence-corrected chi connectivity index (χ0v) is 16.8. The van der Waals surface area contributed by atoms with E-state index in [4.69, 9.17) is 0 Å². The minimum atomic E-state index is -4.99. The fourth-order valence-electron chi connectivity index (χ4n) is 3.18. The zero-order chi connectivity index (χ0) is 22.1. The van der Waals surface area contributed by atoms with Crippen molar-refractivity contribution < 1.29 is 26.3 Å². The number of halogens is 3. The quantitative estimate of drug-likeness (QED) is 0.583. The summed E-state index contributed by atoms with van der Waals surface area (Å²) < 4.78 is 70.4. The Morgan fingerprint density at radius 2 is 1.58 bits per heavy atom. The molecular formula is C18H17F3N6O3S. The molecule has 0 N–H and O–H groups in total. The van der Waals surface area contributed by atoms with Gasteiger partial charge in [0, 0.05) is 38.6 Å². The number of aromatic nitrogens is 4. The third kappa shape index (κ3) is 4.61. The Kier molecular flexibility index (Phi) is 5.54. The van der Waals surface area contributed by atoms with Gasteiger partial charge in [-0.2, -0.15) is 9.40 Å². The van der Waals surface area contributed by atoms with E-state index in [9.17, 15) is 21.6 Å². The maximum Gasteiger partial charge on any atom is 0.573 e. The van der Waals surface area contributed by atoms with Gasteiger partial charge in [-0.05, 0) is 30.3 Å². The van der Waals surface area contributed by atoms with Crippen LogP contribution in [0.3, 0.4) is 0 Å². The number of hydrogen-bond acceptors (Lipinski definition) is 7. The number of hydrogen-bond donors (Lipinski definition) is 0.